The predicted molar refractivity (Wildman–Crippen MR) is 60.6 cm³/mol. The number of hydrazine groups is 1. The van der Waals surface area contributed by atoms with Gasteiger partial charge in [-0.3, -0.25) is 11.3 Å². The summed E-state index contributed by atoms with van der Waals surface area (Å²) in [6.45, 7) is 4.53. The Morgan fingerprint density at radius 3 is 2.54 bits per heavy atom. The van der Waals surface area contributed by atoms with Gasteiger partial charge < -0.3 is 0 Å². The summed E-state index contributed by atoms with van der Waals surface area (Å²) in [5.74, 6) is 9.83. The molecule has 0 bridgehead atoms. The molecule has 0 saturated carbocycles. The van der Waals surface area contributed by atoms with Gasteiger partial charge >= 0.3 is 0 Å². The first kappa shape index (κ1) is 11.3. The lowest BCUT2D eigenvalue weighted by Crippen LogP contribution is -2.46. The summed E-state index contributed by atoms with van der Waals surface area (Å²) in [5, 5.41) is 0. The van der Waals surface area contributed by atoms with E-state index in [0.717, 1.165) is 11.8 Å². The maximum atomic E-state index is 5.65. The fourth-order valence-corrected chi connectivity index (χ4v) is 3.60. The first-order chi connectivity index (χ1) is 6.33. The standard InChI is InChI=1S/C10H22N2S/c1-3-8(4-2)10(12-11)9-5-6-13-7-9/h8-10,12H,3-7,11H2,1-2H3. The molecule has 1 aliphatic heterocycles. The minimum absolute atomic E-state index is 0.546. The van der Waals surface area contributed by atoms with E-state index >= 15 is 0 Å². The van der Waals surface area contributed by atoms with Crippen molar-refractivity contribution in [3.8, 4) is 0 Å². The van der Waals surface area contributed by atoms with Gasteiger partial charge in [-0.25, -0.2) is 0 Å². The number of hydrogen-bond donors (Lipinski definition) is 2. The summed E-state index contributed by atoms with van der Waals surface area (Å²) >= 11 is 2.07. The van der Waals surface area contributed by atoms with E-state index in [1.54, 1.807) is 0 Å². The van der Waals surface area contributed by atoms with Crippen LogP contribution in [0.5, 0.6) is 0 Å². The molecule has 0 radical (unpaired) electrons. The average Bonchev–Trinajstić information content (AvgIpc) is 2.66. The molecule has 13 heavy (non-hydrogen) atoms. The maximum Gasteiger partial charge on any atom is 0.0274 e. The Hall–Kier alpha value is 0.270. The monoisotopic (exact) mass is 202 g/mol. The molecule has 2 atom stereocenters. The number of hydrogen-bond acceptors (Lipinski definition) is 3. The van der Waals surface area contributed by atoms with Crippen LogP contribution in [0.4, 0.5) is 0 Å². The lowest BCUT2D eigenvalue weighted by atomic mass is 9.85. The van der Waals surface area contributed by atoms with Crippen molar-refractivity contribution in [3.63, 3.8) is 0 Å². The summed E-state index contributed by atoms with van der Waals surface area (Å²) in [6.07, 6.45) is 3.83. The van der Waals surface area contributed by atoms with Gasteiger partial charge in [0.05, 0.1) is 0 Å². The van der Waals surface area contributed by atoms with Gasteiger partial charge in [0, 0.05) is 6.04 Å². The van der Waals surface area contributed by atoms with Crippen molar-refractivity contribution >= 4 is 11.8 Å². The predicted octanol–water partition coefficient (Wildman–Crippen LogP) is 2.01. The van der Waals surface area contributed by atoms with Gasteiger partial charge in [0.2, 0.25) is 0 Å². The van der Waals surface area contributed by atoms with Crippen molar-refractivity contribution in [1.29, 1.82) is 0 Å². The summed E-state index contributed by atoms with van der Waals surface area (Å²) in [4.78, 5) is 0. The molecule has 3 N–H and O–H groups in total. The largest absolute Gasteiger partial charge is 0.271 e. The number of rotatable bonds is 5. The van der Waals surface area contributed by atoms with Crippen molar-refractivity contribution in [1.82, 2.24) is 5.43 Å². The topological polar surface area (TPSA) is 38.0 Å². The van der Waals surface area contributed by atoms with E-state index in [2.05, 4.69) is 31.0 Å². The van der Waals surface area contributed by atoms with Gasteiger partial charge in [-0.05, 0) is 29.8 Å². The molecular formula is C10H22N2S. The highest BCUT2D eigenvalue weighted by molar-refractivity contribution is 7.99. The summed E-state index contributed by atoms with van der Waals surface area (Å²) < 4.78 is 0. The number of nitrogens with one attached hydrogen (secondary N) is 1. The van der Waals surface area contributed by atoms with E-state index in [-0.39, 0.29) is 0 Å². The van der Waals surface area contributed by atoms with Crippen LogP contribution in [-0.4, -0.2) is 17.5 Å². The molecule has 1 saturated heterocycles. The van der Waals surface area contributed by atoms with Crippen LogP contribution >= 0.6 is 11.8 Å². The van der Waals surface area contributed by atoms with Crippen molar-refractivity contribution in [2.24, 2.45) is 17.7 Å². The molecule has 0 spiro atoms. The van der Waals surface area contributed by atoms with E-state index in [1.807, 2.05) is 0 Å². The normalized spacial score (nSPS) is 25.4. The Morgan fingerprint density at radius 1 is 1.46 bits per heavy atom. The van der Waals surface area contributed by atoms with E-state index in [9.17, 15) is 0 Å². The van der Waals surface area contributed by atoms with E-state index in [1.165, 1.54) is 30.8 Å². The van der Waals surface area contributed by atoms with E-state index < -0.39 is 0 Å². The molecule has 0 aliphatic carbocycles. The minimum Gasteiger partial charge on any atom is -0.271 e. The van der Waals surface area contributed by atoms with Crippen LogP contribution in [0.25, 0.3) is 0 Å². The van der Waals surface area contributed by atoms with Crippen LogP contribution in [0.1, 0.15) is 33.1 Å². The lowest BCUT2D eigenvalue weighted by molar-refractivity contribution is 0.262. The first-order valence-corrected chi connectivity index (χ1v) is 6.52. The molecule has 0 aromatic heterocycles. The van der Waals surface area contributed by atoms with Crippen molar-refractivity contribution in [3.05, 3.63) is 0 Å². The highest BCUT2D eigenvalue weighted by Crippen LogP contribution is 2.31. The molecule has 78 valence electrons. The van der Waals surface area contributed by atoms with Crippen LogP contribution in [0.15, 0.2) is 0 Å². The highest BCUT2D eigenvalue weighted by Gasteiger charge is 2.29. The molecule has 2 nitrogen and oxygen atoms in total. The Labute approximate surface area is 86.0 Å². The van der Waals surface area contributed by atoms with Crippen molar-refractivity contribution < 1.29 is 0 Å². The van der Waals surface area contributed by atoms with Gasteiger partial charge in [0.15, 0.2) is 0 Å². The highest BCUT2D eigenvalue weighted by atomic mass is 32.2. The van der Waals surface area contributed by atoms with Gasteiger partial charge in [-0.15, -0.1) is 0 Å². The van der Waals surface area contributed by atoms with E-state index in [4.69, 9.17) is 5.84 Å². The van der Waals surface area contributed by atoms with Crippen LogP contribution in [0, 0.1) is 11.8 Å². The molecule has 1 fully saturated rings. The Morgan fingerprint density at radius 2 is 2.15 bits per heavy atom. The molecule has 0 aromatic rings. The van der Waals surface area contributed by atoms with Crippen LogP contribution < -0.4 is 11.3 Å². The molecular weight excluding hydrogens is 180 g/mol. The minimum atomic E-state index is 0.546. The average molecular weight is 202 g/mol. The number of nitrogens with two attached hydrogens (primary N) is 1. The molecule has 1 aliphatic rings. The third-order valence-electron chi connectivity index (χ3n) is 3.22. The molecule has 3 heteroatoms. The lowest BCUT2D eigenvalue weighted by Gasteiger charge is -2.29. The Kier molecular flexibility index (Phi) is 5.14. The van der Waals surface area contributed by atoms with Crippen molar-refractivity contribution in [2.75, 3.05) is 11.5 Å². The first-order valence-electron chi connectivity index (χ1n) is 5.37. The Bertz CT molecular complexity index is 129. The summed E-state index contributed by atoms with van der Waals surface area (Å²) in [7, 11) is 0. The van der Waals surface area contributed by atoms with Crippen LogP contribution in [0.3, 0.4) is 0 Å². The van der Waals surface area contributed by atoms with Gasteiger partial charge in [0.1, 0.15) is 0 Å². The zero-order chi connectivity index (χ0) is 9.68. The maximum absolute atomic E-state index is 5.65. The van der Waals surface area contributed by atoms with E-state index in [0.29, 0.717) is 6.04 Å². The fraction of sp³-hybridized carbons (Fsp3) is 1.00. The second-order valence-corrected chi connectivity index (χ2v) is 5.04. The molecule has 1 heterocycles. The molecule has 0 aromatic carbocycles. The SMILES string of the molecule is CCC(CC)C(NN)C1CCSC1. The quantitative estimate of drug-likeness (QED) is 0.529. The Balaban J connectivity index is 2.48. The van der Waals surface area contributed by atoms with Gasteiger partial charge in [0.25, 0.3) is 0 Å². The smallest absolute Gasteiger partial charge is 0.0274 e. The second kappa shape index (κ2) is 5.89. The number of thioether (sulfide) groups is 1. The summed E-state index contributed by atoms with van der Waals surface area (Å²) in [5.41, 5.74) is 3.03. The van der Waals surface area contributed by atoms with Crippen molar-refractivity contribution in [2.45, 2.75) is 39.2 Å². The summed E-state index contributed by atoms with van der Waals surface area (Å²) in [6, 6.07) is 0.546. The van der Waals surface area contributed by atoms with Gasteiger partial charge in [-0.1, -0.05) is 26.7 Å². The fourth-order valence-electron chi connectivity index (χ4n) is 2.29. The second-order valence-electron chi connectivity index (χ2n) is 3.89. The third kappa shape index (κ3) is 2.86. The third-order valence-corrected chi connectivity index (χ3v) is 4.41. The molecule has 1 rings (SSSR count). The van der Waals surface area contributed by atoms with Crippen LogP contribution in [0.2, 0.25) is 0 Å². The molecule has 2 unspecified atom stereocenters. The van der Waals surface area contributed by atoms with Gasteiger partial charge in [-0.2, -0.15) is 11.8 Å². The zero-order valence-electron chi connectivity index (χ0n) is 8.75. The zero-order valence-corrected chi connectivity index (χ0v) is 9.57. The molecule has 0 amide bonds. The van der Waals surface area contributed by atoms with Crippen LogP contribution in [-0.2, 0) is 0 Å².